The van der Waals surface area contributed by atoms with Crippen molar-refractivity contribution in [2.24, 2.45) is 11.8 Å². The number of unbranched alkanes of at least 4 members (excludes halogenated alkanes) is 3. The topological polar surface area (TPSA) is 135 Å². The molecule has 3 amide bonds. The summed E-state index contributed by atoms with van der Waals surface area (Å²) in [6, 6.07) is 15.2. The minimum absolute atomic E-state index is 0.0465. The summed E-state index contributed by atoms with van der Waals surface area (Å²) in [5.41, 5.74) is 0.0176. The molecule has 3 fully saturated rings. The number of halogens is 1. The van der Waals surface area contributed by atoms with Crippen LogP contribution >= 0.6 is 15.9 Å². The summed E-state index contributed by atoms with van der Waals surface area (Å²) in [7, 11) is 1.57. The number of aliphatic hydroxyl groups is 1. The van der Waals surface area contributed by atoms with E-state index >= 15 is 0 Å². The smallest absolute Gasteiger partial charge is 0.313 e. The van der Waals surface area contributed by atoms with E-state index in [-0.39, 0.29) is 55.2 Å². The second-order valence-corrected chi connectivity index (χ2v) is 14.4. The van der Waals surface area contributed by atoms with Crippen LogP contribution in [0.3, 0.4) is 0 Å². The third-order valence-corrected chi connectivity index (χ3v) is 10.9. The number of amides is 3. The fourth-order valence-corrected chi connectivity index (χ4v) is 8.61. The van der Waals surface area contributed by atoms with Gasteiger partial charge >= 0.3 is 5.97 Å². The molecule has 51 heavy (non-hydrogen) atoms. The Balaban J connectivity index is 1.47. The van der Waals surface area contributed by atoms with Gasteiger partial charge in [0.25, 0.3) is 5.91 Å². The molecule has 274 valence electrons. The van der Waals surface area contributed by atoms with E-state index in [1.165, 1.54) is 0 Å². The third-order valence-electron chi connectivity index (χ3n) is 10.1. The monoisotopic (exact) mass is 765 g/mol. The average Bonchev–Trinajstić information content (AvgIpc) is 3.74. The lowest BCUT2D eigenvalue weighted by atomic mass is 9.70. The predicted molar refractivity (Wildman–Crippen MR) is 196 cm³/mol. The molecule has 3 heterocycles. The first-order valence-corrected chi connectivity index (χ1v) is 18.5. The minimum Gasteiger partial charge on any atom is -0.497 e. The van der Waals surface area contributed by atoms with Crippen LogP contribution in [-0.2, 0) is 28.7 Å². The maximum Gasteiger partial charge on any atom is 0.313 e. The molecule has 0 radical (unpaired) electrons. The molecule has 0 aliphatic carbocycles. The van der Waals surface area contributed by atoms with Crippen LogP contribution in [-0.4, -0.2) is 89.6 Å². The first-order chi connectivity index (χ1) is 24.7. The second-order valence-electron chi connectivity index (χ2n) is 13.2. The van der Waals surface area contributed by atoms with Crippen LogP contribution in [0.5, 0.6) is 5.75 Å². The zero-order valence-corrected chi connectivity index (χ0v) is 30.7. The van der Waals surface area contributed by atoms with Gasteiger partial charge < -0.3 is 34.4 Å². The third kappa shape index (κ3) is 8.08. The number of hydrogen-bond acceptors (Lipinski definition) is 8. The van der Waals surface area contributed by atoms with Gasteiger partial charge in [-0.1, -0.05) is 71.3 Å². The number of allylic oxidation sites excluding steroid dienone is 1. The molecule has 0 saturated carbocycles. The highest BCUT2D eigenvalue weighted by atomic mass is 79.9. The van der Waals surface area contributed by atoms with Crippen molar-refractivity contribution in [2.75, 3.05) is 38.3 Å². The Hall–Kier alpha value is -4.00. The number of alkyl halides is 1. The molecule has 3 aliphatic heterocycles. The van der Waals surface area contributed by atoms with E-state index in [0.29, 0.717) is 42.7 Å². The number of carbonyl (C=O) groups excluding carboxylic acids is 4. The zero-order valence-electron chi connectivity index (χ0n) is 29.1. The summed E-state index contributed by atoms with van der Waals surface area (Å²) >= 11 is 3.74. The highest BCUT2D eigenvalue weighted by Gasteiger charge is 2.77. The van der Waals surface area contributed by atoms with Crippen LogP contribution in [0.4, 0.5) is 5.69 Å². The normalized spacial score (nSPS) is 25.2. The Morgan fingerprint density at radius 1 is 1.10 bits per heavy atom. The average molecular weight is 767 g/mol. The van der Waals surface area contributed by atoms with Crippen molar-refractivity contribution in [2.45, 2.75) is 73.6 Å². The largest absolute Gasteiger partial charge is 0.497 e. The molecule has 11 nitrogen and oxygen atoms in total. The number of aliphatic hydroxyl groups excluding tert-OH is 1. The van der Waals surface area contributed by atoms with Gasteiger partial charge in [-0.3, -0.25) is 19.2 Å². The van der Waals surface area contributed by atoms with Crippen molar-refractivity contribution < 1.29 is 38.5 Å². The Kier molecular flexibility index (Phi) is 13.1. The molecule has 1 unspecified atom stereocenters. The standard InChI is InChI=1S/C39H48BrN3O8/c1-4-6-16-31(45)41-25-30(26-14-10-9-11-15-26)50-38(48)32-33-36(46)43(22-12-7-8-13-23-44)35(39(33)24-29(40)34(32)51-39)37(47)42(21-5-2)27-17-19-28(49-3)20-18-27/h4-5,9-11,14-15,17-20,29-30,32-35,44H,1-2,6-8,12-13,16,21-25H2,3H3,(H,41,45)/t29?,30-,32+,33-,34+,35+,39-/m0/s1. The van der Waals surface area contributed by atoms with Crippen LogP contribution in [0, 0.1) is 11.8 Å². The van der Waals surface area contributed by atoms with Gasteiger partial charge in [0.2, 0.25) is 11.8 Å². The fourth-order valence-electron chi connectivity index (χ4n) is 7.67. The Morgan fingerprint density at radius 2 is 1.82 bits per heavy atom. The molecule has 1 spiro atoms. The summed E-state index contributed by atoms with van der Waals surface area (Å²) < 4.78 is 18.2. The van der Waals surface area contributed by atoms with Crippen LogP contribution in [0.1, 0.15) is 56.6 Å². The number of carbonyl (C=O) groups is 4. The lowest BCUT2D eigenvalue weighted by Crippen LogP contribution is -2.57. The lowest BCUT2D eigenvalue weighted by molar-refractivity contribution is -0.160. The number of rotatable bonds is 19. The number of likely N-dealkylation sites (tertiary alicyclic amines) is 1. The van der Waals surface area contributed by atoms with E-state index in [1.807, 2.05) is 30.3 Å². The van der Waals surface area contributed by atoms with Crippen LogP contribution in [0.2, 0.25) is 0 Å². The Labute approximate surface area is 308 Å². The molecule has 2 bridgehead atoms. The van der Waals surface area contributed by atoms with Crippen molar-refractivity contribution >= 4 is 45.3 Å². The van der Waals surface area contributed by atoms with Gasteiger partial charge in [-0.15, -0.1) is 13.2 Å². The van der Waals surface area contributed by atoms with E-state index in [0.717, 1.165) is 12.8 Å². The van der Waals surface area contributed by atoms with Gasteiger partial charge in [0.15, 0.2) is 0 Å². The number of fused-ring (bicyclic) bond motifs is 1. The fraction of sp³-hybridized carbons (Fsp3) is 0.487. The first kappa shape index (κ1) is 38.2. The Bertz CT molecular complexity index is 1560. The number of anilines is 1. The summed E-state index contributed by atoms with van der Waals surface area (Å²) in [4.78, 5) is 59.2. The number of esters is 1. The maximum atomic E-state index is 14.8. The zero-order chi connectivity index (χ0) is 36.5. The molecule has 12 heteroatoms. The maximum absolute atomic E-state index is 14.8. The number of hydrogen-bond donors (Lipinski definition) is 2. The van der Waals surface area contributed by atoms with E-state index in [9.17, 15) is 24.3 Å². The molecule has 2 aromatic carbocycles. The highest BCUT2D eigenvalue weighted by molar-refractivity contribution is 9.09. The van der Waals surface area contributed by atoms with E-state index in [2.05, 4.69) is 34.4 Å². The summed E-state index contributed by atoms with van der Waals surface area (Å²) in [6.07, 6.45) is 5.69. The van der Waals surface area contributed by atoms with Crippen LogP contribution in [0.25, 0.3) is 0 Å². The second kappa shape index (κ2) is 17.5. The summed E-state index contributed by atoms with van der Waals surface area (Å²) in [5.74, 6) is -2.76. The van der Waals surface area contributed by atoms with Crippen LogP contribution in [0.15, 0.2) is 79.9 Å². The molecule has 2 N–H and O–H groups in total. The van der Waals surface area contributed by atoms with Gasteiger partial charge in [-0.25, -0.2) is 0 Å². The van der Waals surface area contributed by atoms with Crippen molar-refractivity contribution in [1.29, 1.82) is 0 Å². The molecule has 7 atom stereocenters. The number of methoxy groups -OCH3 is 1. The van der Waals surface area contributed by atoms with Crippen molar-refractivity contribution in [3.8, 4) is 5.75 Å². The van der Waals surface area contributed by atoms with Crippen molar-refractivity contribution in [1.82, 2.24) is 10.2 Å². The van der Waals surface area contributed by atoms with Gasteiger partial charge in [-0.05, 0) is 55.5 Å². The van der Waals surface area contributed by atoms with E-state index < -0.39 is 41.7 Å². The number of benzene rings is 2. The highest BCUT2D eigenvalue weighted by Crippen LogP contribution is 2.60. The number of nitrogens with zero attached hydrogens (tertiary/aromatic N) is 2. The Morgan fingerprint density at radius 3 is 2.49 bits per heavy atom. The first-order valence-electron chi connectivity index (χ1n) is 17.6. The quantitative estimate of drug-likeness (QED) is 0.0895. The van der Waals surface area contributed by atoms with Gasteiger partial charge in [0, 0.05) is 36.6 Å². The minimum atomic E-state index is -1.28. The molecular formula is C39H48BrN3O8. The van der Waals surface area contributed by atoms with E-state index in [1.54, 1.807) is 53.3 Å². The SMILES string of the molecule is C=CCCC(=O)NC[C@H](OC(=O)[C@H]1[C@@H]2O[C@@]3(CC2Br)[C@@H]1C(=O)N(CCCCCCO)[C@@H]3C(=O)N(CC=C)c1ccc(OC)cc1)c1ccccc1. The number of nitrogens with one attached hydrogen (secondary N) is 1. The number of ether oxygens (including phenoxy) is 3. The van der Waals surface area contributed by atoms with Gasteiger partial charge in [0.05, 0.1) is 31.6 Å². The van der Waals surface area contributed by atoms with Gasteiger partial charge in [-0.2, -0.15) is 0 Å². The summed E-state index contributed by atoms with van der Waals surface area (Å²) in [6.45, 7) is 8.16. The van der Waals surface area contributed by atoms with Gasteiger partial charge in [0.1, 0.15) is 23.5 Å². The predicted octanol–water partition coefficient (Wildman–Crippen LogP) is 4.88. The van der Waals surface area contributed by atoms with E-state index in [4.69, 9.17) is 14.2 Å². The molecule has 3 saturated heterocycles. The summed E-state index contributed by atoms with van der Waals surface area (Å²) in [5, 5.41) is 12.1. The molecule has 2 aromatic rings. The van der Waals surface area contributed by atoms with Crippen molar-refractivity contribution in [3.05, 3.63) is 85.5 Å². The van der Waals surface area contributed by atoms with Crippen LogP contribution < -0.4 is 15.0 Å². The molecule has 3 aliphatic rings. The molecule has 0 aromatic heterocycles. The molecule has 5 rings (SSSR count). The molecular weight excluding hydrogens is 718 g/mol. The van der Waals surface area contributed by atoms with Crippen molar-refractivity contribution in [3.63, 3.8) is 0 Å². The lowest BCUT2D eigenvalue weighted by Gasteiger charge is -2.37.